The fourth-order valence-corrected chi connectivity index (χ4v) is 1.89. The third-order valence-corrected chi connectivity index (χ3v) is 3.05. The second-order valence-electron chi connectivity index (χ2n) is 4.53. The van der Waals surface area contributed by atoms with Crippen LogP contribution in [0.1, 0.15) is 0 Å². The maximum atomic E-state index is 10.8. The predicted molar refractivity (Wildman–Crippen MR) is 68.1 cm³/mol. The number of nitro benzene ring substituents is 2. The maximum Gasteiger partial charge on any atom is 0.349 e. The molecule has 1 aromatic carbocycles. The molecule has 1 saturated heterocycles. The molecule has 0 unspecified atom stereocenters. The van der Waals surface area contributed by atoms with Gasteiger partial charge < -0.3 is 24.8 Å². The molecule has 4 atom stereocenters. The molecule has 0 spiro atoms. The first-order valence-electron chi connectivity index (χ1n) is 6.06. The van der Waals surface area contributed by atoms with E-state index in [1.54, 1.807) is 0 Å². The number of hydrogen-bond donors (Lipinski definition) is 3. The van der Waals surface area contributed by atoms with E-state index >= 15 is 0 Å². The van der Waals surface area contributed by atoms with Gasteiger partial charge in [0.1, 0.15) is 24.1 Å². The van der Waals surface area contributed by atoms with Crippen molar-refractivity contribution in [3.63, 3.8) is 0 Å². The van der Waals surface area contributed by atoms with E-state index < -0.39 is 45.8 Å². The molecule has 0 amide bonds. The first kappa shape index (κ1) is 16.0. The van der Waals surface area contributed by atoms with Crippen LogP contribution in [-0.2, 0) is 4.74 Å². The van der Waals surface area contributed by atoms with Gasteiger partial charge in [-0.1, -0.05) is 0 Å². The molecule has 0 saturated carbocycles. The van der Waals surface area contributed by atoms with Gasteiger partial charge in [0.05, 0.1) is 22.5 Å². The van der Waals surface area contributed by atoms with Crippen molar-refractivity contribution in [1.29, 1.82) is 0 Å². The average Bonchev–Trinajstić information content (AvgIpc) is 2.47. The number of rotatable bonds is 4. The van der Waals surface area contributed by atoms with E-state index in [0.29, 0.717) is 0 Å². The lowest BCUT2D eigenvalue weighted by Gasteiger charge is -2.34. The summed E-state index contributed by atoms with van der Waals surface area (Å²) in [6.45, 7) is -0.308. The van der Waals surface area contributed by atoms with E-state index in [9.17, 15) is 35.5 Å². The molecule has 1 aliphatic heterocycles. The van der Waals surface area contributed by atoms with Gasteiger partial charge in [0, 0.05) is 6.07 Å². The molecule has 120 valence electrons. The Balaban J connectivity index is 2.22. The third kappa shape index (κ3) is 3.12. The Labute approximate surface area is 122 Å². The fourth-order valence-electron chi connectivity index (χ4n) is 1.89. The van der Waals surface area contributed by atoms with Crippen LogP contribution < -0.4 is 4.74 Å². The van der Waals surface area contributed by atoms with Crippen LogP contribution >= 0.6 is 0 Å². The molecule has 1 aliphatic rings. The lowest BCUT2D eigenvalue weighted by atomic mass is 10.1. The number of aliphatic hydroxyl groups is 3. The van der Waals surface area contributed by atoms with Gasteiger partial charge in [-0.15, -0.1) is 0 Å². The van der Waals surface area contributed by atoms with Gasteiger partial charge in [-0.25, -0.2) is 0 Å². The molecule has 1 fully saturated rings. The second-order valence-corrected chi connectivity index (χ2v) is 4.53. The fraction of sp³-hybridized carbons (Fsp3) is 0.455. The summed E-state index contributed by atoms with van der Waals surface area (Å²) in [5, 5.41) is 50.0. The van der Waals surface area contributed by atoms with Crippen LogP contribution in [0.5, 0.6) is 5.75 Å². The Hall–Kier alpha value is -2.34. The minimum atomic E-state index is -1.59. The minimum absolute atomic E-state index is 0.162. The molecule has 0 bridgehead atoms. The summed E-state index contributed by atoms with van der Waals surface area (Å²) in [4.78, 5) is 19.7. The summed E-state index contributed by atoms with van der Waals surface area (Å²) in [7, 11) is 0. The first-order valence-corrected chi connectivity index (χ1v) is 6.06. The standard InChI is InChI=1S/C11H12N2O9/c14-8-4-21-11(10(16)9(8)15)22-5-1-2-6(12(17)18)7(3-5)13(19)20/h1-3,8-11,14-16H,4H2/t8-,9+,10-,11-/m1/s1. The molecule has 1 heterocycles. The van der Waals surface area contributed by atoms with Gasteiger partial charge in [-0.05, 0) is 6.07 Å². The molecule has 1 aromatic rings. The van der Waals surface area contributed by atoms with Crippen LogP contribution in [-0.4, -0.2) is 56.4 Å². The van der Waals surface area contributed by atoms with Gasteiger partial charge in [0.25, 0.3) is 0 Å². The van der Waals surface area contributed by atoms with Crippen LogP contribution in [0.15, 0.2) is 18.2 Å². The summed E-state index contributed by atoms with van der Waals surface area (Å²) in [6, 6.07) is 2.79. The molecule has 11 nitrogen and oxygen atoms in total. The monoisotopic (exact) mass is 316 g/mol. The van der Waals surface area contributed by atoms with Crippen molar-refractivity contribution in [3.05, 3.63) is 38.4 Å². The van der Waals surface area contributed by atoms with Gasteiger partial charge in [-0.3, -0.25) is 20.2 Å². The van der Waals surface area contributed by atoms with E-state index in [2.05, 4.69) is 0 Å². The van der Waals surface area contributed by atoms with Crippen molar-refractivity contribution >= 4 is 11.4 Å². The van der Waals surface area contributed by atoms with Gasteiger partial charge in [-0.2, -0.15) is 0 Å². The van der Waals surface area contributed by atoms with E-state index in [4.69, 9.17) is 9.47 Å². The largest absolute Gasteiger partial charge is 0.462 e. The smallest absolute Gasteiger partial charge is 0.349 e. The van der Waals surface area contributed by atoms with Gasteiger partial charge in [0.2, 0.25) is 6.29 Å². The highest BCUT2D eigenvalue weighted by atomic mass is 16.7. The van der Waals surface area contributed by atoms with Crippen molar-refractivity contribution in [2.24, 2.45) is 0 Å². The lowest BCUT2D eigenvalue weighted by Crippen LogP contribution is -2.54. The van der Waals surface area contributed by atoms with Crippen LogP contribution in [0.2, 0.25) is 0 Å². The number of aliphatic hydroxyl groups excluding tert-OH is 3. The second kappa shape index (κ2) is 6.19. The summed E-state index contributed by atoms with van der Waals surface area (Å²) >= 11 is 0. The Morgan fingerprint density at radius 2 is 1.73 bits per heavy atom. The van der Waals surface area contributed by atoms with E-state index in [1.165, 1.54) is 0 Å². The zero-order chi connectivity index (χ0) is 16.4. The summed E-state index contributed by atoms with van der Waals surface area (Å²) in [6.07, 6.45) is -5.76. The van der Waals surface area contributed by atoms with Crippen molar-refractivity contribution in [1.82, 2.24) is 0 Å². The van der Waals surface area contributed by atoms with Crippen LogP contribution in [0.3, 0.4) is 0 Å². The van der Waals surface area contributed by atoms with Gasteiger partial charge in [0.15, 0.2) is 0 Å². The number of nitrogens with zero attached hydrogens (tertiary/aromatic N) is 2. The lowest BCUT2D eigenvalue weighted by molar-refractivity contribution is -0.422. The van der Waals surface area contributed by atoms with Crippen LogP contribution in [0, 0.1) is 20.2 Å². The highest BCUT2D eigenvalue weighted by Crippen LogP contribution is 2.32. The quantitative estimate of drug-likeness (QED) is 0.481. The average molecular weight is 316 g/mol. The molecular formula is C11H12N2O9. The van der Waals surface area contributed by atoms with Crippen molar-refractivity contribution in [2.75, 3.05) is 6.61 Å². The third-order valence-electron chi connectivity index (χ3n) is 3.05. The normalized spacial score (nSPS) is 28.1. The first-order chi connectivity index (χ1) is 10.3. The van der Waals surface area contributed by atoms with Crippen molar-refractivity contribution < 1.29 is 34.6 Å². The number of nitro groups is 2. The number of ether oxygens (including phenoxy) is 2. The topological polar surface area (TPSA) is 165 Å². The van der Waals surface area contributed by atoms with Gasteiger partial charge >= 0.3 is 11.4 Å². The maximum absolute atomic E-state index is 10.8. The summed E-state index contributed by atoms with van der Waals surface area (Å²) < 4.78 is 10.1. The molecule has 0 aromatic heterocycles. The predicted octanol–water partition coefficient (Wildman–Crippen LogP) is -0.679. The summed E-state index contributed by atoms with van der Waals surface area (Å²) in [5.74, 6) is -0.162. The van der Waals surface area contributed by atoms with Crippen LogP contribution in [0.25, 0.3) is 0 Å². The Morgan fingerprint density at radius 1 is 1.09 bits per heavy atom. The number of hydrogen-bond acceptors (Lipinski definition) is 9. The Kier molecular flexibility index (Phi) is 4.51. The molecule has 0 aliphatic carbocycles. The Morgan fingerprint density at radius 3 is 2.32 bits per heavy atom. The van der Waals surface area contributed by atoms with Crippen molar-refractivity contribution in [3.8, 4) is 5.75 Å². The summed E-state index contributed by atoms with van der Waals surface area (Å²) in [5.41, 5.74) is -1.49. The zero-order valence-corrected chi connectivity index (χ0v) is 10.9. The van der Waals surface area contributed by atoms with E-state index in [1.807, 2.05) is 0 Å². The Bertz CT molecular complexity index is 593. The SMILES string of the molecule is O=[N+]([O-])c1ccc(O[C@H]2OC[C@@H](O)[C@H](O)[C@H]2O)cc1[N+](=O)[O-]. The van der Waals surface area contributed by atoms with E-state index in [-0.39, 0.29) is 12.4 Å². The minimum Gasteiger partial charge on any atom is -0.462 e. The number of benzene rings is 1. The van der Waals surface area contributed by atoms with Crippen LogP contribution in [0.4, 0.5) is 11.4 Å². The molecule has 22 heavy (non-hydrogen) atoms. The molecular weight excluding hydrogens is 304 g/mol. The highest BCUT2D eigenvalue weighted by Gasteiger charge is 2.39. The van der Waals surface area contributed by atoms with E-state index in [0.717, 1.165) is 18.2 Å². The van der Waals surface area contributed by atoms with Crippen molar-refractivity contribution in [2.45, 2.75) is 24.6 Å². The zero-order valence-electron chi connectivity index (χ0n) is 10.9. The molecule has 2 rings (SSSR count). The highest BCUT2D eigenvalue weighted by molar-refractivity contribution is 5.55. The molecule has 11 heteroatoms. The molecule has 3 N–H and O–H groups in total. The molecule has 0 radical (unpaired) electrons.